The van der Waals surface area contributed by atoms with Crippen molar-refractivity contribution in [1.82, 2.24) is 9.88 Å². The number of aromatic nitrogens is 1. The van der Waals surface area contributed by atoms with Gasteiger partial charge in [0.05, 0.1) is 10.7 Å². The van der Waals surface area contributed by atoms with Crippen LogP contribution in [-0.4, -0.2) is 28.0 Å². The fourth-order valence-corrected chi connectivity index (χ4v) is 2.71. The average molecular weight is 312 g/mol. The van der Waals surface area contributed by atoms with Crippen molar-refractivity contribution in [1.29, 1.82) is 0 Å². The highest BCUT2D eigenvalue weighted by Crippen LogP contribution is 2.25. The topological polar surface area (TPSA) is 53.4 Å². The second kappa shape index (κ2) is 6.28. The number of benzene rings is 1. The van der Waals surface area contributed by atoms with E-state index in [4.69, 9.17) is 0 Å². The molecule has 0 saturated carbocycles. The first-order valence-corrected chi connectivity index (χ1v) is 7.05. The van der Waals surface area contributed by atoms with Crippen molar-refractivity contribution in [3.63, 3.8) is 0 Å². The summed E-state index contributed by atoms with van der Waals surface area (Å²) in [6.07, 6.45) is 0. The summed E-state index contributed by atoms with van der Waals surface area (Å²) in [7, 11) is 1.57. The zero-order valence-corrected chi connectivity index (χ0v) is 12.3. The lowest BCUT2D eigenvalue weighted by molar-refractivity contribution is -0.143. The lowest BCUT2D eigenvalue weighted by Gasteiger charge is -2.24. The largest absolute Gasteiger partial charge is 0.480 e. The molecule has 0 aliphatic heterocycles. The number of likely N-dealkylation sites (N-methyl/N-ethyl adjacent to an activating group) is 1. The fraction of sp³-hybridized carbons (Fsp3) is 0.286. The van der Waals surface area contributed by atoms with Crippen molar-refractivity contribution < 1.29 is 18.7 Å². The van der Waals surface area contributed by atoms with E-state index >= 15 is 0 Å². The van der Waals surface area contributed by atoms with Crippen LogP contribution in [0.1, 0.15) is 22.3 Å². The van der Waals surface area contributed by atoms with Crippen LogP contribution in [-0.2, 0) is 11.3 Å². The number of carboxylic acids is 1. The van der Waals surface area contributed by atoms with Crippen LogP contribution in [0.5, 0.6) is 0 Å². The standard InChI is InChI=1S/C14H14F2N2O2S/c1-8-17-10(7-21-8)6-18(2)13(14(19)20)11-4-3-9(15)5-12(11)16/h3-5,7,13H,6H2,1-2H3,(H,19,20)/t13-/m0/s1. The van der Waals surface area contributed by atoms with Gasteiger partial charge in [-0.2, -0.15) is 0 Å². The van der Waals surface area contributed by atoms with Crippen LogP contribution >= 0.6 is 11.3 Å². The molecule has 1 atom stereocenters. The van der Waals surface area contributed by atoms with E-state index in [1.807, 2.05) is 12.3 Å². The number of hydrogen-bond acceptors (Lipinski definition) is 4. The molecule has 2 aromatic rings. The molecule has 1 aromatic heterocycles. The highest BCUT2D eigenvalue weighted by molar-refractivity contribution is 7.09. The molecule has 1 heterocycles. The Kier molecular flexibility index (Phi) is 4.64. The van der Waals surface area contributed by atoms with Crippen molar-refractivity contribution >= 4 is 17.3 Å². The van der Waals surface area contributed by atoms with Crippen molar-refractivity contribution in [2.45, 2.75) is 19.5 Å². The Morgan fingerprint density at radius 2 is 2.19 bits per heavy atom. The molecule has 21 heavy (non-hydrogen) atoms. The van der Waals surface area contributed by atoms with Gasteiger partial charge in [-0.1, -0.05) is 6.07 Å². The number of thiazole rings is 1. The summed E-state index contributed by atoms with van der Waals surface area (Å²) in [4.78, 5) is 17.2. The molecule has 0 saturated heterocycles. The summed E-state index contributed by atoms with van der Waals surface area (Å²) in [6, 6.07) is 1.70. The van der Waals surface area contributed by atoms with Crippen LogP contribution in [0.3, 0.4) is 0 Å². The van der Waals surface area contributed by atoms with Crippen LogP contribution in [0.4, 0.5) is 8.78 Å². The minimum Gasteiger partial charge on any atom is -0.480 e. The number of halogens is 2. The molecule has 112 valence electrons. The summed E-state index contributed by atoms with van der Waals surface area (Å²) < 4.78 is 26.8. The molecular weight excluding hydrogens is 298 g/mol. The summed E-state index contributed by atoms with van der Waals surface area (Å²) in [6.45, 7) is 2.11. The minimum atomic E-state index is -1.20. The second-order valence-electron chi connectivity index (χ2n) is 4.68. The van der Waals surface area contributed by atoms with E-state index in [0.717, 1.165) is 17.1 Å². The van der Waals surface area contributed by atoms with Crippen LogP contribution in [0, 0.1) is 18.6 Å². The number of nitrogens with zero attached hydrogens (tertiary/aromatic N) is 2. The van der Waals surface area contributed by atoms with Crippen molar-refractivity contribution in [3.05, 3.63) is 51.5 Å². The predicted molar refractivity (Wildman–Crippen MR) is 75.1 cm³/mol. The Balaban J connectivity index is 2.27. The molecule has 0 spiro atoms. The van der Waals surface area contributed by atoms with Gasteiger partial charge in [0, 0.05) is 23.6 Å². The first kappa shape index (κ1) is 15.5. The van der Waals surface area contributed by atoms with Crippen LogP contribution in [0.2, 0.25) is 0 Å². The van der Waals surface area contributed by atoms with Crippen molar-refractivity contribution in [2.75, 3.05) is 7.05 Å². The number of hydrogen-bond donors (Lipinski definition) is 1. The van der Waals surface area contributed by atoms with Gasteiger partial charge in [-0.25, -0.2) is 13.8 Å². The van der Waals surface area contributed by atoms with Crippen molar-refractivity contribution in [3.8, 4) is 0 Å². The third-order valence-corrected chi connectivity index (χ3v) is 3.83. The predicted octanol–water partition coefficient (Wildman–Crippen LogP) is 2.99. The van der Waals surface area contributed by atoms with E-state index in [0.29, 0.717) is 11.8 Å². The first-order valence-electron chi connectivity index (χ1n) is 6.17. The maximum Gasteiger partial charge on any atom is 0.325 e. The Morgan fingerprint density at radius 1 is 1.48 bits per heavy atom. The van der Waals surface area contributed by atoms with E-state index < -0.39 is 23.6 Å². The maximum atomic E-state index is 13.8. The van der Waals surface area contributed by atoms with E-state index in [2.05, 4.69) is 4.98 Å². The highest BCUT2D eigenvalue weighted by atomic mass is 32.1. The van der Waals surface area contributed by atoms with E-state index in [1.165, 1.54) is 16.2 Å². The molecule has 0 aliphatic carbocycles. The highest BCUT2D eigenvalue weighted by Gasteiger charge is 2.28. The molecule has 0 fully saturated rings. The summed E-state index contributed by atoms with van der Waals surface area (Å²) in [5, 5.41) is 12.1. The smallest absolute Gasteiger partial charge is 0.325 e. The van der Waals surface area contributed by atoms with Gasteiger partial charge in [0.15, 0.2) is 0 Å². The zero-order chi connectivity index (χ0) is 15.6. The van der Waals surface area contributed by atoms with E-state index in [-0.39, 0.29) is 12.1 Å². The van der Waals surface area contributed by atoms with Gasteiger partial charge in [-0.15, -0.1) is 11.3 Å². The number of carbonyl (C=O) groups is 1. The molecule has 0 radical (unpaired) electrons. The molecule has 2 rings (SSSR count). The summed E-state index contributed by atoms with van der Waals surface area (Å²) >= 11 is 1.46. The molecule has 0 unspecified atom stereocenters. The Labute approximate surface area is 124 Å². The molecule has 7 heteroatoms. The number of carboxylic acid groups (broad SMARTS) is 1. The quantitative estimate of drug-likeness (QED) is 0.922. The van der Waals surface area contributed by atoms with Crippen LogP contribution in [0.15, 0.2) is 23.6 Å². The lowest BCUT2D eigenvalue weighted by Crippen LogP contribution is -2.31. The molecule has 4 nitrogen and oxygen atoms in total. The van der Waals surface area contributed by atoms with Crippen LogP contribution < -0.4 is 0 Å². The summed E-state index contributed by atoms with van der Waals surface area (Å²) in [5.74, 6) is -2.81. The third kappa shape index (κ3) is 3.62. The number of aryl methyl sites for hydroxylation is 1. The zero-order valence-electron chi connectivity index (χ0n) is 11.5. The lowest BCUT2D eigenvalue weighted by atomic mass is 10.0. The Morgan fingerprint density at radius 3 is 2.71 bits per heavy atom. The average Bonchev–Trinajstić information content (AvgIpc) is 2.77. The van der Waals surface area contributed by atoms with Gasteiger partial charge in [-0.05, 0) is 20.0 Å². The molecule has 1 N–H and O–H groups in total. The molecule has 0 bridgehead atoms. The fourth-order valence-electron chi connectivity index (χ4n) is 2.11. The van der Waals surface area contributed by atoms with Gasteiger partial charge >= 0.3 is 5.97 Å². The second-order valence-corrected chi connectivity index (χ2v) is 5.74. The molecule has 0 amide bonds. The van der Waals surface area contributed by atoms with Crippen molar-refractivity contribution in [2.24, 2.45) is 0 Å². The normalized spacial score (nSPS) is 12.6. The molecule has 1 aromatic carbocycles. The van der Waals surface area contributed by atoms with Gasteiger partial charge in [0.1, 0.15) is 17.7 Å². The van der Waals surface area contributed by atoms with Gasteiger partial charge in [-0.3, -0.25) is 9.69 Å². The van der Waals surface area contributed by atoms with Crippen LogP contribution in [0.25, 0.3) is 0 Å². The monoisotopic (exact) mass is 312 g/mol. The Bertz CT molecular complexity index is 660. The number of rotatable bonds is 5. The third-order valence-electron chi connectivity index (χ3n) is 3.01. The van der Waals surface area contributed by atoms with E-state index in [1.54, 1.807) is 7.05 Å². The maximum absolute atomic E-state index is 13.8. The van der Waals surface area contributed by atoms with Gasteiger partial charge in [0.2, 0.25) is 0 Å². The van der Waals surface area contributed by atoms with Gasteiger partial charge < -0.3 is 5.11 Å². The molecular formula is C14H14F2N2O2S. The summed E-state index contributed by atoms with van der Waals surface area (Å²) in [5.41, 5.74) is 0.645. The van der Waals surface area contributed by atoms with Gasteiger partial charge in [0.25, 0.3) is 0 Å². The minimum absolute atomic E-state index is 0.0710. The molecule has 0 aliphatic rings. The Hall–Kier alpha value is -1.86. The first-order chi connectivity index (χ1) is 9.88. The SMILES string of the molecule is Cc1nc(CN(C)[C@H](C(=O)O)c2ccc(F)cc2F)cs1. The number of aliphatic carboxylic acids is 1. The van der Waals surface area contributed by atoms with E-state index in [9.17, 15) is 18.7 Å².